The number of benzene rings is 2. The first kappa shape index (κ1) is 21.4. The summed E-state index contributed by atoms with van der Waals surface area (Å²) >= 11 is 0. The molecule has 2 saturated heterocycles. The lowest BCUT2D eigenvalue weighted by Gasteiger charge is -2.35. The van der Waals surface area contributed by atoms with Crippen molar-refractivity contribution in [3.63, 3.8) is 0 Å². The van der Waals surface area contributed by atoms with Gasteiger partial charge in [-0.25, -0.2) is 4.79 Å². The zero-order chi connectivity index (χ0) is 21.8. The second kappa shape index (κ2) is 9.52. The van der Waals surface area contributed by atoms with Crippen LogP contribution < -0.4 is 5.32 Å². The van der Waals surface area contributed by atoms with Gasteiger partial charge >= 0.3 is 12.1 Å². The molecule has 0 aliphatic carbocycles. The molecule has 2 aromatic carbocycles. The van der Waals surface area contributed by atoms with Crippen LogP contribution in [0.1, 0.15) is 44.1 Å². The number of aliphatic carboxylic acids is 1. The van der Waals surface area contributed by atoms with Crippen LogP contribution in [0.15, 0.2) is 48.5 Å². The van der Waals surface area contributed by atoms with Crippen LogP contribution in [0, 0.1) is 0 Å². The minimum Gasteiger partial charge on any atom is -0.481 e. The summed E-state index contributed by atoms with van der Waals surface area (Å²) < 4.78 is 5.81. The fraction of sp³-hybridized carbons (Fsp3) is 0.440. The van der Waals surface area contributed by atoms with Gasteiger partial charge in [0.1, 0.15) is 6.10 Å². The van der Waals surface area contributed by atoms with Crippen LogP contribution >= 0.6 is 0 Å². The van der Waals surface area contributed by atoms with Gasteiger partial charge in [0.25, 0.3) is 0 Å². The van der Waals surface area contributed by atoms with E-state index in [0.29, 0.717) is 30.6 Å². The molecule has 6 nitrogen and oxygen atoms in total. The molecule has 4 rings (SSSR count). The highest BCUT2D eigenvalue weighted by atomic mass is 16.6. The normalized spacial score (nSPS) is 22.8. The Kier molecular flexibility index (Phi) is 6.56. The number of anilines is 1. The second-order valence-corrected chi connectivity index (χ2v) is 8.67. The van der Waals surface area contributed by atoms with Gasteiger partial charge in [-0.1, -0.05) is 42.5 Å². The third-order valence-electron chi connectivity index (χ3n) is 6.59. The minimum atomic E-state index is -0.796. The number of carbonyl (C=O) groups excluding carboxylic acids is 1. The van der Waals surface area contributed by atoms with Gasteiger partial charge in [-0.05, 0) is 49.9 Å². The van der Waals surface area contributed by atoms with Crippen molar-refractivity contribution in [2.45, 2.75) is 63.1 Å². The van der Waals surface area contributed by atoms with Crippen LogP contribution in [-0.2, 0) is 16.0 Å². The number of hydrogen-bond donors (Lipinski definition) is 2. The Labute approximate surface area is 183 Å². The van der Waals surface area contributed by atoms with Gasteiger partial charge in [0.15, 0.2) is 0 Å². The molecule has 2 aliphatic heterocycles. The van der Waals surface area contributed by atoms with Crippen molar-refractivity contribution >= 4 is 17.7 Å². The molecule has 1 amide bonds. The summed E-state index contributed by atoms with van der Waals surface area (Å²) in [5.41, 5.74) is 3.61. The minimum absolute atomic E-state index is 0.0485. The highest BCUT2D eigenvalue weighted by molar-refractivity contribution is 5.91. The summed E-state index contributed by atoms with van der Waals surface area (Å²) in [6.45, 7) is 0. The van der Waals surface area contributed by atoms with Crippen LogP contribution in [0.5, 0.6) is 0 Å². The van der Waals surface area contributed by atoms with Crippen molar-refractivity contribution in [3.8, 4) is 11.1 Å². The Bertz CT molecular complexity index is 916. The number of carboxylic acid groups (broad SMARTS) is 1. The second-order valence-electron chi connectivity index (χ2n) is 8.67. The Morgan fingerprint density at radius 1 is 1.10 bits per heavy atom. The van der Waals surface area contributed by atoms with E-state index < -0.39 is 12.1 Å². The Hall–Kier alpha value is -2.86. The molecular formula is C25H30N2O4. The number of piperidine rings is 1. The van der Waals surface area contributed by atoms with Gasteiger partial charge < -0.3 is 14.7 Å². The van der Waals surface area contributed by atoms with Gasteiger partial charge in [0, 0.05) is 36.9 Å². The number of hydrogen-bond acceptors (Lipinski definition) is 4. The quantitative estimate of drug-likeness (QED) is 0.661. The smallest absolute Gasteiger partial charge is 0.411 e. The fourth-order valence-corrected chi connectivity index (χ4v) is 4.91. The van der Waals surface area contributed by atoms with Gasteiger partial charge in [0.05, 0.1) is 5.69 Å². The maximum absolute atomic E-state index is 12.8. The van der Waals surface area contributed by atoms with E-state index in [1.165, 1.54) is 12.8 Å². The van der Waals surface area contributed by atoms with E-state index in [-0.39, 0.29) is 12.5 Å². The number of nitrogens with one attached hydrogen (secondary N) is 1. The van der Waals surface area contributed by atoms with E-state index in [9.17, 15) is 9.59 Å². The highest BCUT2D eigenvalue weighted by Gasteiger charge is 2.39. The molecule has 2 bridgehead atoms. The molecule has 2 fully saturated rings. The third-order valence-corrected chi connectivity index (χ3v) is 6.59. The standard InChI is InChI=1S/C25H30N2O4/c1-27-19-11-12-20(27)16-21(15-19)31-25(30)26-23-14-17(6-5-9-24(28)29)10-13-22(23)18-7-3-2-4-8-18/h2-4,7-8,10,13-14,19-21H,5-6,9,11-12,15-16H2,1H3,(H,26,30)(H,28,29)/t19-,20+,21?. The first-order chi connectivity index (χ1) is 15.0. The summed E-state index contributed by atoms with van der Waals surface area (Å²) in [6.07, 6.45) is 5.00. The molecule has 2 aromatic rings. The van der Waals surface area contributed by atoms with Crippen molar-refractivity contribution in [1.29, 1.82) is 0 Å². The number of carboxylic acids is 1. The molecule has 2 heterocycles. The molecule has 31 heavy (non-hydrogen) atoms. The lowest BCUT2D eigenvalue weighted by Crippen LogP contribution is -2.43. The summed E-state index contributed by atoms with van der Waals surface area (Å²) in [4.78, 5) is 26.0. The average molecular weight is 423 g/mol. The molecule has 2 aliphatic rings. The maximum Gasteiger partial charge on any atom is 0.411 e. The summed E-state index contributed by atoms with van der Waals surface area (Å²) in [5.74, 6) is -0.796. The van der Waals surface area contributed by atoms with E-state index in [4.69, 9.17) is 9.84 Å². The number of fused-ring (bicyclic) bond motifs is 2. The van der Waals surface area contributed by atoms with E-state index >= 15 is 0 Å². The molecule has 0 radical (unpaired) electrons. The maximum atomic E-state index is 12.8. The molecule has 2 N–H and O–H groups in total. The van der Waals surface area contributed by atoms with Crippen molar-refractivity contribution in [2.24, 2.45) is 0 Å². The zero-order valence-corrected chi connectivity index (χ0v) is 17.9. The molecule has 0 spiro atoms. The van der Waals surface area contributed by atoms with Crippen LogP contribution in [-0.4, -0.2) is 47.3 Å². The van der Waals surface area contributed by atoms with E-state index in [1.807, 2.05) is 48.5 Å². The average Bonchev–Trinajstić information content (AvgIpc) is 2.95. The Morgan fingerprint density at radius 3 is 2.48 bits per heavy atom. The van der Waals surface area contributed by atoms with Gasteiger partial charge in [-0.2, -0.15) is 0 Å². The number of aryl methyl sites for hydroxylation is 1. The molecule has 1 unspecified atom stereocenters. The lowest BCUT2D eigenvalue weighted by atomic mass is 9.99. The highest BCUT2D eigenvalue weighted by Crippen LogP contribution is 2.36. The topological polar surface area (TPSA) is 78.9 Å². The Balaban J connectivity index is 1.47. The molecular weight excluding hydrogens is 392 g/mol. The van der Waals surface area contributed by atoms with Gasteiger partial charge in [-0.3, -0.25) is 10.1 Å². The van der Waals surface area contributed by atoms with E-state index in [2.05, 4.69) is 17.3 Å². The molecule has 0 aromatic heterocycles. The van der Waals surface area contributed by atoms with Crippen molar-refractivity contribution < 1.29 is 19.4 Å². The number of carbonyl (C=O) groups is 2. The van der Waals surface area contributed by atoms with Crippen molar-refractivity contribution in [1.82, 2.24) is 4.90 Å². The van der Waals surface area contributed by atoms with Crippen LogP contribution in [0.3, 0.4) is 0 Å². The number of rotatable bonds is 7. The van der Waals surface area contributed by atoms with Crippen LogP contribution in [0.4, 0.5) is 10.5 Å². The summed E-state index contributed by atoms with van der Waals surface area (Å²) in [7, 11) is 2.17. The third kappa shape index (κ3) is 5.25. The van der Waals surface area contributed by atoms with Crippen LogP contribution in [0.2, 0.25) is 0 Å². The first-order valence-corrected chi connectivity index (χ1v) is 11.1. The molecule has 3 atom stereocenters. The van der Waals surface area contributed by atoms with Crippen molar-refractivity contribution in [2.75, 3.05) is 12.4 Å². The van der Waals surface area contributed by atoms with E-state index in [1.54, 1.807) is 0 Å². The zero-order valence-electron chi connectivity index (χ0n) is 17.9. The van der Waals surface area contributed by atoms with Crippen LogP contribution in [0.25, 0.3) is 11.1 Å². The number of amides is 1. The SMILES string of the molecule is CN1[C@@H]2CC[C@H]1CC(OC(=O)Nc1cc(CCCC(=O)O)ccc1-c1ccccc1)C2. The van der Waals surface area contributed by atoms with Gasteiger partial charge in [-0.15, -0.1) is 0 Å². The molecule has 6 heteroatoms. The predicted octanol–water partition coefficient (Wildman–Crippen LogP) is 4.93. The monoisotopic (exact) mass is 422 g/mol. The number of ether oxygens (including phenoxy) is 1. The molecule has 164 valence electrons. The van der Waals surface area contributed by atoms with Crippen molar-refractivity contribution in [3.05, 3.63) is 54.1 Å². The van der Waals surface area contributed by atoms with Gasteiger partial charge in [0.2, 0.25) is 0 Å². The predicted molar refractivity (Wildman–Crippen MR) is 120 cm³/mol. The largest absolute Gasteiger partial charge is 0.481 e. The lowest BCUT2D eigenvalue weighted by molar-refractivity contribution is -0.137. The summed E-state index contributed by atoms with van der Waals surface area (Å²) in [5, 5.41) is 11.9. The first-order valence-electron chi connectivity index (χ1n) is 11.1. The van der Waals surface area contributed by atoms with E-state index in [0.717, 1.165) is 29.5 Å². The molecule has 0 saturated carbocycles. The fourth-order valence-electron chi connectivity index (χ4n) is 4.91. The Morgan fingerprint density at radius 2 is 1.81 bits per heavy atom. The number of nitrogens with zero attached hydrogens (tertiary/aromatic N) is 1. The summed E-state index contributed by atoms with van der Waals surface area (Å²) in [6, 6.07) is 16.8.